The van der Waals surface area contributed by atoms with E-state index in [0.29, 0.717) is 6.42 Å². The summed E-state index contributed by atoms with van der Waals surface area (Å²) in [5.74, 6) is 2.35. The van der Waals surface area contributed by atoms with Gasteiger partial charge in [-0.15, -0.1) is 12.3 Å². The van der Waals surface area contributed by atoms with Crippen LogP contribution < -0.4 is 0 Å². The van der Waals surface area contributed by atoms with Crippen LogP contribution >= 0.6 is 0 Å². The van der Waals surface area contributed by atoms with E-state index >= 15 is 0 Å². The van der Waals surface area contributed by atoms with Gasteiger partial charge in [-0.05, 0) is 20.8 Å². The summed E-state index contributed by atoms with van der Waals surface area (Å²) < 4.78 is 9.51. The van der Waals surface area contributed by atoms with Crippen LogP contribution in [-0.4, -0.2) is 18.4 Å². The molecule has 0 aliphatic carbocycles. The Morgan fingerprint density at radius 3 is 2.50 bits per heavy atom. The Morgan fingerprint density at radius 1 is 1.50 bits per heavy atom. The van der Waals surface area contributed by atoms with Gasteiger partial charge in [-0.2, -0.15) is 0 Å². The highest BCUT2D eigenvalue weighted by molar-refractivity contribution is 5.60. The van der Waals surface area contributed by atoms with Gasteiger partial charge in [0.05, 0.1) is 0 Å². The minimum atomic E-state index is -0.669. The molecule has 0 radical (unpaired) electrons. The van der Waals surface area contributed by atoms with Crippen LogP contribution in [0.4, 0.5) is 4.79 Å². The number of rotatable bonds is 2. The zero-order valence-corrected chi connectivity index (χ0v) is 7.72. The summed E-state index contributed by atoms with van der Waals surface area (Å²) in [4.78, 5) is 10.8. The molecule has 0 aromatic carbocycles. The summed E-state index contributed by atoms with van der Waals surface area (Å²) in [6.07, 6.45) is 4.71. The molecule has 0 aliphatic heterocycles. The minimum Gasteiger partial charge on any atom is -0.433 e. The van der Waals surface area contributed by atoms with E-state index in [1.54, 1.807) is 20.8 Å². The standard InChI is InChI=1S/C9H14O3/c1-5-6-7-11-8(10)12-9(2,3)4/h1H,6-7H2,2-4H3. The molecule has 0 unspecified atom stereocenters. The summed E-state index contributed by atoms with van der Waals surface area (Å²) in [5, 5.41) is 0. The van der Waals surface area contributed by atoms with Crippen molar-refractivity contribution in [3.05, 3.63) is 0 Å². The molecule has 0 saturated heterocycles. The lowest BCUT2D eigenvalue weighted by atomic mass is 10.2. The van der Waals surface area contributed by atoms with Crippen molar-refractivity contribution in [3.8, 4) is 12.3 Å². The third-order valence-electron chi connectivity index (χ3n) is 0.856. The molecule has 0 rings (SSSR count). The molecule has 0 aromatic heterocycles. The van der Waals surface area contributed by atoms with Gasteiger partial charge in [0.25, 0.3) is 0 Å². The van der Waals surface area contributed by atoms with E-state index in [1.165, 1.54) is 0 Å². The van der Waals surface area contributed by atoms with Crippen molar-refractivity contribution in [1.82, 2.24) is 0 Å². The lowest BCUT2D eigenvalue weighted by Gasteiger charge is -2.18. The molecule has 0 bridgehead atoms. The monoisotopic (exact) mass is 170 g/mol. The van der Waals surface area contributed by atoms with Gasteiger partial charge in [0.15, 0.2) is 0 Å². The molecule has 0 fully saturated rings. The Bertz CT molecular complexity index is 183. The van der Waals surface area contributed by atoms with E-state index in [2.05, 4.69) is 10.7 Å². The second kappa shape index (κ2) is 4.66. The van der Waals surface area contributed by atoms with Crippen LogP contribution in [0.15, 0.2) is 0 Å². The Labute approximate surface area is 73.0 Å². The van der Waals surface area contributed by atoms with E-state index in [-0.39, 0.29) is 6.61 Å². The molecule has 0 saturated carbocycles. The Morgan fingerprint density at radius 2 is 2.08 bits per heavy atom. The molecule has 0 heterocycles. The zero-order chi connectivity index (χ0) is 9.61. The van der Waals surface area contributed by atoms with E-state index < -0.39 is 11.8 Å². The Kier molecular flexibility index (Phi) is 4.20. The maximum absolute atomic E-state index is 10.8. The molecular formula is C9H14O3. The summed E-state index contributed by atoms with van der Waals surface area (Å²) in [6.45, 7) is 5.53. The first-order valence-electron chi connectivity index (χ1n) is 3.75. The van der Waals surface area contributed by atoms with Crippen LogP contribution in [0.25, 0.3) is 0 Å². The smallest absolute Gasteiger partial charge is 0.433 e. The van der Waals surface area contributed by atoms with Gasteiger partial charge in [-0.25, -0.2) is 4.79 Å². The number of carbonyl (C=O) groups is 1. The van der Waals surface area contributed by atoms with Crippen LogP contribution in [0.2, 0.25) is 0 Å². The number of hydrogen-bond acceptors (Lipinski definition) is 3. The molecule has 0 amide bonds. The number of hydrogen-bond donors (Lipinski definition) is 0. The average Bonchev–Trinajstić information content (AvgIpc) is 1.84. The summed E-state index contributed by atoms with van der Waals surface area (Å²) >= 11 is 0. The SMILES string of the molecule is C#CCCOC(=O)OC(C)(C)C. The van der Waals surface area contributed by atoms with Crippen molar-refractivity contribution < 1.29 is 14.3 Å². The summed E-state index contributed by atoms with van der Waals surface area (Å²) in [7, 11) is 0. The lowest BCUT2D eigenvalue weighted by molar-refractivity contribution is -0.00618. The van der Waals surface area contributed by atoms with Gasteiger partial charge in [-0.3, -0.25) is 0 Å². The van der Waals surface area contributed by atoms with E-state index in [9.17, 15) is 4.79 Å². The number of terminal acetylenes is 1. The topological polar surface area (TPSA) is 35.5 Å². The van der Waals surface area contributed by atoms with E-state index in [1.807, 2.05) is 0 Å². The minimum absolute atomic E-state index is 0.214. The van der Waals surface area contributed by atoms with E-state index in [4.69, 9.17) is 11.2 Å². The molecular weight excluding hydrogens is 156 g/mol. The first-order chi connectivity index (χ1) is 5.45. The fourth-order valence-corrected chi connectivity index (χ4v) is 0.473. The normalized spacial score (nSPS) is 10.2. The van der Waals surface area contributed by atoms with Crippen molar-refractivity contribution in [3.63, 3.8) is 0 Å². The highest BCUT2D eigenvalue weighted by Gasteiger charge is 2.16. The van der Waals surface area contributed by atoms with Crippen LogP contribution in [0.5, 0.6) is 0 Å². The molecule has 3 nitrogen and oxygen atoms in total. The molecule has 0 atom stereocenters. The number of carbonyl (C=O) groups excluding carboxylic acids is 1. The van der Waals surface area contributed by atoms with Gasteiger partial charge < -0.3 is 9.47 Å². The fraction of sp³-hybridized carbons (Fsp3) is 0.667. The molecule has 3 heteroatoms. The highest BCUT2D eigenvalue weighted by atomic mass is 16.7. The van der Waals surface area contributed by atoms with Gasteiger partial charge >= 0.3 is 6.16 Å². The van der Waals surface area contributed by atoms with Gasteiger partial charge in [0.1, 0.15) is 12.2 Å². The van der Waals surface area contributed by atoms with Crippen molar-refractivity contribution >= 4 is 6.16 Å². The van der Waals surface area contributed by atoms with Gasteiger partial charge in [-0.1, -0.05) is 0 Å². The first-order valence-corrected chi connectivity index (χ1v) is 3.75. The average molecular weight is 170 g/mol. The second-order valence-corrected chi connectivity index (χ2v) is 3.27. The quantitative estimate of drug-likeness (QED) is 0.361. The molecule has 12 heavy (non-hydrogen) atoms. The van der Waals surface area contributed by atoms with E-state index in [0.717, 1.165) is 0 Å². The zero-order valence-electron chi connectivity index (χ0n) is 7.72. The van der Waals surface area contributed by atoms with Crippen LogP contribution in [0, 0.1) is 12.3 Å². The first kappa shape index (κ1) is 10.8. The van der Waals surface area contributed by atoms with Crippen molar-refractivity contribution in [1.29, 1.82) is 0 Å². The van der Waals surface area contributed by atoms with Crippen molar-refractivity contribution in [2.75, 3.05) is 6.61 Å². The van der Waals surface area contributed by atoms with Crippen molar-refractivity contribution in [2.45, 2.75) is 32.8 Å². The molecule has 0 aliphatic rings. The van der Waals surface area contributed by atoms with Crippen molar-refractivity contribution in [2.24, 2.45) is 0 Å². The largest absolute Gasteiger partial charge is 0.508 e. The van der Waals surface area contributed by atoms with Crippen LogP contribution in [0.1, 0.15) is 27.2 Å². The van der Waals surface area contributed by atoms with Gasteiger partial charge in [0, 0.05) is 6.42 Å². The maximum atomic E-state index is 10.8. The molecule has 0 spiro atoms. The third kappa shape index (κ3) is 6.94. The second-order valence-electron chi connectivity index (χ2n) is 3.27. The Hall–Kier alpha value is -1.17. The summed E-state index contributed by atoms with van der Waals surface area (Å²) in [6, 6.07) is 0. The fourth-order valence-electron chi connectivity index (χ4n) is 0.473. The Balaban J connectivity index is 3.56. The lowest BCUT2D eigenvalue weighted by Crippen LogP contribution is -2.24. The highest BCUT2D eigenvalue weighted by Crippen LogP contribution is 2.07. The van der Waals surface area contributed by atoms with Gasteiger partial charge in [0.2, 0.25) is 0 Å². The van der Waals surface area contributed by atoms with Crippen LogP contribution in [0.3, 0.4) is 0 Å². The molecule has 0 N–H and O–H groups in total. The predicted octanol–water partition coefficient (Wildman–Crippen LogP) is 1.96. The van der Waals surface area contributed by atoms with Crippen LogP contribution in [-0.2, 0) is 9.47 Å². The summed E-state index contributed by atoms with van der Waals surface area (Å²) in [5.41, 5.74) is -0.507. The molecule has 68 valence electrons. The predicted molar refractivity (Wildman–Crippen MR) is 45.6 cm³/mol. The third-order valence-corrected chi connectivity index (χ3v) is 0.856. The molecule has 0 aromatic rings. The number of ether oxygens (including phenoxy) is 2. The maximum Gasteiger partial charge on any atom is 0.508 e.